The van der Waals surface area contributed by atoms with Crippen LogP contribution in [0, 0.1) is 10.1 Å². The van der Waals surface area contributed by atoms with Crippen LogP contribution in [-0.4, -0.2) is 48.7 Å². The van der Waals surface area contributed by atoms with E-state index in [4.69, 9.17) is 4.74 Å². The third-order valence-electron chi connectivity index (χ3n) is 4.46. The SMILES string of the molecule is O=C(NCC(c1ccccc1)N1CCOCC1)Nc1ccc([N+](=O)[O-])cc1. The molecule has 0 spiro atoms. The van der Waals surface area contributed by atoms with Crippen molar-refractivity contribution in [3.8, 4) is 0 Å². The molecule has 8 heteroatoms. The van der Waals surface area contributed by atoms with Crippen molar-refractivity contribution >= 4 is 17.4 Å². The molecule has 1 fully saturated rings. The Morgan fingerprint density at radius 2 is 1.78 bits per heavy atom. The molecule has 1 aliphatic rings. The van der Waals surface area contributed by atoms with Gasteiger partial charge in [-0.05, 0) is 17.7 Å². The molecule has 1 saturated heterocycles. The largest absolute Gasteiger partial charge is 0.379 e. The molecule has 2 N–H and O–H groups in total. The topological polar surface area (TPSA) is 96.7 Å². The lowest BCUT2D eigenvalue weighted by Crippen LogP contribution is -2.44. The number of urea groups is 1. The molecule has 2 aromatic carbocycles. The highest BCUT2D eigenvalue weighted by atomic mass is 16.6. The molecule has 1 aliphatic heterocycles. The van der Waals surface area contributed by atoms with Crippen molar-refractivity contribution in [3.05, 3.63) is 70.3 Å². The van der Waals surface area contributed by atoms with Crippen molar-refractivity contribution in [2.45, 2.75) is 6.04 Å². The number of hydrogen-bond donors (Lipinski definition) is 2. The Hall–Kier alpha value is -2.97. The normalized spacial score (nSPS) is 15.7. The van der Waals surface area contributed by atoms with Crippen molar-refractivity contribution in [1.29, 1.82) is 0 Å². The van der Waals surface area contributed by atoms with Gasteiger partial charge in [-0.2, -0.15) is 0 Å². The predicted molar refractivity (Wildman–Crippen MR) is 102 cm³/mol. The van der Waals surface area contributed by atoms with E-state index >= 15 is 0 Å². The van der Waals surface area contributed by atoms with E-state index in [1.807, 2.05) is 18.2 Å². The van der Waals surface area contributed by atoms with Crippen LogP contribution in [-0.2, 0) is 4.74 Å². The third-order valence-corrected chi connectivity index (χ3v) is 4.46. The summed E-state index contributed by atoms with van der Waals surface area (Å²) in [5.74, 6) is 0. The molecule has 27 heavy (non-hydrogen) atoms. The summed E-state index contributed by atoms with van der Waals surface area (Å²) >= 11 is 0. The summed E-state index contributed by atoms with van der Waals surface area (Å²) in [5.41, 5.74) is 1.62. The molecular weight excluding hydrogens is 348 g/mol. The van der Waals surface area contributed by atoms with Crippen LogP contribution in [0.15, 0.2) is 54.6 Å². The molecule has 142 valence electrons. The number of non-ortho nitro benzene ring substituents is 1. The van der Waals surface area contributed by atoms with Crippen LogP contribution in [0.1, 0.15) is 11.6 Å². The zero-order valence-corrected chi connectivity index (χ0v) is 14.8. The second-order valence-corrected chi connectivity index (χ2v) is 6.21. The van der Waals surface area contributed by atoms with E-state index in [9.17, 15) is 14.9 Å². The number of ether oxygens (including phenoxy) is 1. The van der Waals surface area contributed by atoms with Gasteiger partial charge in [0, 0.05) is 37.5 Å². The van der Waals surface area contributed by atoms with Crippen LogP contribution >= 0.6 is 0 Å². The van der Waals surface area contributed by atoms with Gasteiger partial charge in [-0.1, -0.05) is 30.3 Å². The zero-order valence-electron chi connectivity index (χ0n) is 14.8. The maximum absolute atomic E-state index is 12.3. The molecular formula is C19H22N4O4. The maximum atomic E-state index is 12.3. The summed E-state index contributed by atoms with van der Waals surface area (Å²) in [6, 6.07) is 15.5. The Morgan fingerprint density at radius 1 is 1.11 bits per heavy atom. The second-order valence-electron chi connectivity index (χ2n) is 6.21. The lowest BCUT2D eigenvalue weighted by molar-refractivity contribution is -0.384. The lowest BCUT2D eigenvalue weighted by Gasteiger charge is -2.34. The number of benzene rings is 2. The standard InChI is InChI=1S/C19H22N4O4/c24-19(21-16-6-8-17(9-7-16)23(25)26)20-14-18(15-4-2-1-3-5-15)22-10-12-27-13-11-22/h1-9,18H,10-14H2,(H2,20,21,24). The Morgan fingerprint density at radius 3 is 2.41 bits per heavy atom. The molecule has 1 unspecified atom stereocenters. The molecule has 0 bridgehead atoms. The molecule has 2 aromatic rings. The molecule has 2 amide bonds. The third kappa shape index (κ3) is 5.25. The first-order valence-electron chi connectivity index (χ1n) is 8.79. The van der Waals surface area contributed by atoms with E-state index in [1.165, 1.54) is 24.3 Å². The van der Waals surface area contributed by atoms with Crippen molar-refractivity contribution in [1.82, 2.24) is 10.2 Å². The van der Waals surface area contributed by atoms with Crippen LogP contribution in [0.5, 0.6) is 0 Å². The molecule has 8 nitrogen and oxygen atoms in total. The number of hydrogen-bond acceptors (Lipinski definition) is 5. The molecule has 3 rings (SSSR count). The van der Waals surface area contributed by atoms with E-state index in [2.05, 4.69) is 27.7 Å². The highest BCUT2D eigenvalue weighted by molar-refractivity contribution is 5.89. The second kappa shape index (κ2) is 9.11. The van der Waals surface area contributed by atoms with Gasteiger partial charge in [0.1, 0.15) is 0 Å². The first kappa shape index (κ1) is 18.8. The molecule has 0 aromatic heterocycles. The quantitative estimate of drug-likeness (QED) is 0.602. The van der Waals surface area contributed by atoms with Crippen LogP contribution in [0.2, 0.25) is 0 Å². The Labute approximate surface area is 157 Å². The number of rotatable bonds is 6. The Bertz CT molecular complexity index is 761. The van der Waals surface area contributed by atoms with E-state index in [0.29, 0.717) is 25.4 Å². The number of carbonyl (C=O) groups excluding carboxylic acids is 1. The van der Waals surface area contributed by atoms with Crippen LogP contribution in [0.4, 0.5) is 16.2 Å². The summed E-state index contributed by atoms with van der Waals surface area (Å²) in [6.07, 6.45) is 0. The van der Waals surface area contributed by atoms with Gasteiger partial charge in [-0.25, -0.2) is 4.79 Å². The average Bonchev–Trinajstić information content (AvgIpc) is 2.70. The minimum absolute atomic E-state index is 0.0163. The van der Waals surface area contributed by atoms with E-state index in [1.54, 1.807) is 0 Å². The van der Waals surface area contributed by atoms with Crippen molar-refractivity contribution in [2.75, 3.05) is 38.2 Å². The first-order valence-corrected chi connectivity index (χ1v) is 8.79. The van der Waals surface area contributed by atoms with E-state index < -0.39 is 4.92 Å². The lowest BCUT2D eigenvalue weighted by atomic mass is 10.0. The number of nitrogens with one attached hydrogen (secondary N) is 2. The number of nitro groups is 1. The molecule has 0 saturated carbocycles. The number of nitrogens with zero attached hydrogens (tertiary/aromatic N) is 2. The summed E-state index contributed by atoms with van der Waals surface area (Å²) in [5, 5.41) is 16.3. The highest BCUT2D eigenvalue weighted by Crippen LogP contribution is 2.21. The number of nitro benzene ring substituents is 1. The van der Waals surface area contributed by atoms with Crippen molar-refractivity contribution in [2.24, 2.45) is 0 Å². The summed E-state index contributed by atoms with van der Waals surface area (Å²) < 4.78 is 5.43. The monoisotopic (exact) mass is 370 g/mol. The van der Waals surface area contributed by atoms with Gasteiger partial charge in [0.15, 0.2) is 0 Å². The van der Waals surface area contributed by atoms with Gasteiger partial charge in [0.25, 0.3) is 5.69 Å². The minimum atomic E-state index is -0.476. The summed E-state index contributed by atoms with van der Waals surface area (Å²) in [4.78, 5) is 24.8. The van der Waals surface area contributed by atoms with Crippen LogP contribution in [0.3, 0.4) is 0 Å². The zero-order chi connectivity index (χ0) is 19.1. The van der Waals surface area contributed by atoms with Crippen molar-refractivity contribution in [3.63, 3.8) is 0 Å². The first-order chi connectivity index (χ1) is 13.1. The average molecular weight is 370 g/mol. The van der Waals surface area contributed by atoms with Gasteiger partial charge in [-0.3, -0.25) is 15.0 Å². The molecule has 0 radical (unpaired) electrons. The Kier molecular flexibility index (Phi) is 6.35. The number of amides is 2. The van der Waals surface area contributed by atoms with Gasteiger partial charge < -0.3 is 15.4 Å². The van der Waals surface area contributed by atoms with E-state index in [0.717, 1.165) is 18.7 Å². The fourth-order valence-electron chi connectivity index (χ4n) is 3.05. The molecule has 1 atom stereocenters. The van der Waals surface area contributed by atoms with Crippen LogP contribution in [0.25, 0.3) is 0 Å². The highest BCUT2D eigenvalue weighted by Gasteiger charge is 2.23. The maximum Gasteiger partial charge on any atom is 0.319 e. The fourth-order valence-corrected chi connectivity index (χ4v) is 3.05. The predicted octanol–water partition coefficient (Wildman–Crippen LogP) is 2.79. The smallest absolute Gasteiger partial charge is 0.319 e. The molecule has 1 heterocycles. The number of carbonyl (C=O) groups is 1. The molecule has 0 aliphatic carbocycles. The van der Waals surface area contributed by atoms with Crippen molar-refractivity contribution < 1.29 is 14.5 Å². The fraction of sp³-hybridized carbons (Fsp3) is 0.316. The number of morpholine rings is 1. The number of anilines is 1. The Balaban J connectivity index is 1.60. The van der Waals surface area contributed by atoms with E-state index in [-0.39, 0.29) is 17.8 Å². The summed E-state index contributed by atoms with van der Waals surface area (Å²) in [7, 11) is 0. The minimum Gasteiger partial charge on any atom is -0.379 e. The summed E-state index contributed by atoms with van der Waals surface area (Å²) in [6.45, 7) is 3.43. The van der Waals surface area contributed by atoms with Gasteiger partial charge in [-0.15, -0.1) is 0 Å². The van der Waals surface area contributed by atoms with Gasteiger partial charge in [0.05, 0.1) is 24.2 Å². The van der Waals surface area contributed by atoms with Crippen LogP contribution < -0.4 is 10.6 Å². The van der Waals surface area contributed by atoms with Gasteiger partial charge in [0.2, 0.25) is 0 Å². The van der Waals surface area contributed by atoms with Gasteiger partial charge >= 0.3 is 6.03 Å².